The number of hydrogen-bond acceptors (Lipinski definition) is 8. The van der Waals surface area contributed by atoms with Crippen molar-refractivity contribution in [1.29, 1.82) is 0 Å². The molecule has 32 heavy (non-hydrogen) atoms. The summed E-state index contributed by atoms with van der Waals surface area (Å²) < 4.78 is 38.0. The van der Waals surface area contributed by atoms with Gasteiger partial charge in [-0.3, -0.25) is 4.79 Å². The van der Waals surface area contributed by atoms with Gasteiger partial charge in [-0.15, -0.1) is 0 Å². The summed E-state index contributed by atoms with van der Waals surface area (Å²) in [6.07, 6.45) is 2.66. The van der Waals surface area contributed by atoms with Crippen molar-refractivity contribution in [3.63, 3.8) is 0 Å². The predicted molar refractivity (Wildman–Crippen MR) is 116 cm³/mol. The zero-order chi connectivity index (χ0) is 23.5. The molecular formula is C22H25F2N5O3. The fraction of sp³-hybridized carbons (Fsp3) is 0.364. The van der Waals surface area contributed by atoms with E-state index >= 15 is 0 Å². The molecule has 0 bridgehead atoms. The smallest absolute Gasteiger partial charge is 0.288 e. The second-order valence-electron chi connectivity index (χ2n) is 7.77. The van der Waals surface area contributed by atoms with Crippen LogP contribution in [0, 0.1) is 5.82 Å². The average Bonchev–Trinajstić information content (AvgIpc) is 2.73. The number of rotatable bonds is 8. The Morgan fingerprint density at radius 1 is 1.38 bits per heavy atom. The van der Waals surface area contributed by atoms with Gasteiger partial charge in [0.25, 0.3) is 6.02 Å². The number of nitrogens with zero attached hydrogens (tertiary/aromatic N) is 3. The second kappa shape index (κ2) is 9.29. The molecule has 3 N–H and O–H groups in total. The molecular weight excluding hydrogens is 420 g/mol. The zero-order valence-electron chi connectivity index (χ0n) is 18.3. The molecule has 0 radical (unpaired) electrons. The van der Waals surface area contributed by atoms with Gasteiger partial charge in [-0.05, 0) is 44.5 Å². The third-order valence-corrected chi connectivity index (χ3v) is 4.74. The lowest BCUT2D eigenvalue weighted by Gasteiger charge is -2.28. The van der Waals surface area contributed by atoms with Crippen LogP contribution >= 0.6 is 0 Å². The molecule has 0 saturated heterocycles. The van der Waals surface area contributed by atoms with E-state index in [1.54, 1.807) is 6.92 Å². The summed E-state index contributed by atoms with van der Waals surface area (Å²) in [7, 11) is 1.46. The highest BCUT2D eigenvalue weighted by atomic mass is 19.1. The Hall–Kier alpha value is -3.56. The van der Waals surface area contributed by atoms with E-state index in [1.807, 2.05) is 13.8 Å². The molecule has 2 heterocycles. The molecule has 0 saturated carbocycles. The molecule has 0 spiro atoms. The summed E-state index contributed by atoms with van der Waals surface area (Å²) in [5.74, 6) is -0.370. The minimum atomic E-state index is -1.28. The van der Waals surface area contributed by atoms with Gasteiger partial charge in [0.2, 0.25) is 5.88 Å². The number of carbonyl (C=O) groups is 1. The first kappa shape index (κ1) is 23.1. The Balaban J connectivity index is 1.94. The number of aliphatic imine (C=N–C) groups is 1. The van der Waals surface area contributed by atoms with Gasteiger partial charge in [-0.1, -0.05) is 6.07 Å². The molecule has 1 aliphatic heterocycles. The van der Waals surface area contributed by atoms with Crippen LogP contribution in [0.25, 0.3) is 0 Å². The highest BCUT2D eigenvalue weighted by Crippen LogP contribution is 2.34. The van der Waals surface area contributed by atoms with E-state index in [1.165, 1.54) is 37.6 Å². The van der Waals surface area contributed by atoms with E-state index in [9.17, 15) is 13.6 Å². The number of allylic oxidation sites excluding steroid dienone is 1. The number of anilines is 1. The van der Waals surface area contributed by atoms with Gasteiger partial charge in [0.15, 0.2) is 11.6 Å². The van der Waals surface area contributed by atoms with E-state index in [4.69, 9.17) is 15.2 Å². The van der Waals surface area contributed by atoms with Crippen LogP contribution in [-0.4, -0.2) is 41.6 Å². The molecule has 0 fully saturated rings. The number of hydrogen-bond donors (Lipinski definition) is 2. The number of carbonyl (C=O) groups excluding carboxylic acids is 1. The number of amidine groups is 1. The standard InChI is InChI=1S/C22H25F2N5O3/c1-12(2)27-20-19(26-11-18(28-20)31-4)17(30)8-13-5-6-16(24)15(7-13)22(3)9-14(10-23)32-21(25)29-22/h5-7,9,11-12H,8,10H2,1-4H3,(H2,25,29)(H,27,28)/t22-/m0/s1. The van der Waals surface area contributed by atoms with Crippen molar-refractivity contribution in [3.8, 4) is 5.88 Å². The first-order valence-corrected chi connectivity index (χ1v) is 9.95. The Morgan fingerprint density at radius 2 is 2.12 bits per heavy atom. The lowest BCUT2D eigenvalue weighted by atomic mass is 9.88. The van der Waals surface area contributed by atoms with Crippen molar-refractivity contribution in [2.45, 2.75) is 38.8 Å². The van der Waals surface area contributed by atoms with Gasteiger partial charge in [0.05, 0.1) is 13.3 Å². The lowest BCUT2D eigenvalue weighted by Crippen LogP contribution is -2.31. The van der Waals surface area contributed by atoms with Gasteiger partial charge >= 0.3 is 0 Å². The average molecular weight is 445 g/mol. The molecule has 1 aliphatic rings. The summed E-state index contributed by atoms with van der Waals surface area (Å²) in [5.41, 5.74) is 5.18. The van der Waals surface area contributed by atoms with Crippen LogP contribution < -0.4 is 15.8 Å². The monoisotopic (exact) mass is 445 g/mol. The fourth-order valence-electron chi connectivity index (χ4n) is 3.35. The van der Waals surface area contributed by atoms with Gasteiger partial charge in [-0.2, -0.15) is 4.98 Å². The number of ketones is 1. The number of methoxy groups -OCH3 is 1. The molecule has 10 heteroatoms. The number of aromatic nitrogens is 2. The number of halogens is 2. The van der Waals surface area contributed by atoms with Crippen molar-refractivity contribution in [1.82, 2.24) is 9.97 Å². The number of nitrogens with one attached hydrogen (secondary N) is 1. The Kier molecular flexibility index (Phi) is 6.71. The van der Waals surface area contributed by atoms with Crippen molar-refractivity contribution in [3.05, 3.63) is 58.9 Å². The topological polar surface area (TPSA) is 112 Å². The number of benzene rings is 1. The van der Waals surface area contributed by atoms with Crippen molar-refractivity contribution in [2.24, 2.45) is 10.7 Å². The first-order valence-electron chi connectivity index (χ1n) is 9.95. The highest BCUT2D eigenvalue weighted by molar-refractivity contribution is 5.99. The molecule has 170 valence electrons. The summed E-state index contributed by atoms with van der Waals surface area (Å²) in [6, 6.07) is 3.99. The van der Waals surface area contributed by atoms with Crippen LogP contribution in [0.1, 0.15) is 42.4 Å². The molecule has 3 rings (SSSR count). The Morgan fingerprint density at radius 3 is 2.78 bits per heavy atom. The fourth-order valence-corrected chi connectivity index (χ4v) is 3.35. The van der Waals surface area contributed by atoms with Crippen molar-refractivity contribution < 1.29 is 23.0 Å². The van der Waals surface area contributed by atoms with Crippen LogP contribution in [0.4, 0.5) is 14.6 Å². The summed E-state index contributed by atoms with van der Waals surface area (Å²) >= 11 is 0. The van der Waals surface area contributed by atoms with E-state index in [0.29, 0.717) is 11.4 Å². The van der Waals surface area contributed by atoms with Crippen LogP contribution in [0.2, 0.25) is 0 Å². The van der Waals surface area contributed by atoms with Crippen LogP contribution in [-0.2, 0) is 16.7 Å². The minimum Gasteiger partial charge on any atom is -0.480 e. The molecule has 1 aromatic carbocycles. The molecule has 1 atom stereocenters. The van der Waals surface area contributed by atoms with Gasteiger partial charge in [0.1, 0.15) is 29.5 Å². The van der Waals surface area contributed by atoms with Gasteiger partial charge in [0, 0.05) is 18.0 Å². The van der Waals surface area contributed by atoms with Crippen LogP contribution in [0.5, 0.6) is 5.88 Å². The molecule has 8 nitrogen and oxygen atoms in total. The third-order valence-electron chi connectivity index (χ3n) is 4.74. The maximum absolute atomic E-state index is 14.7. The van der Waals surface area contributed by atoms with E-state index in [2.05, 4.69) is 20.3 Å². The van der Waals surface area contributed by atoms with E-state index in [0.717, 1.165) is 0 Å². The SMILES string of the molecule is COc1cnc(C(=O)Cc2ccc(F)c([C@]3(C)C=C(CF)OC(N)=N3)c2)c(NC(C)C)n1. The molecule has 0 unspecified atom stereocenters. The normalized spacial score (nSPS) is 18.0. The summed E-state index contributed by atoms with van der Waals surface area (Å²) in [5, 5.41) is 3.09. The predicted octanol–water partition coefficient (Wildman–Crippen LogP) is 3.28. The number of alkyl halides is 1. The first-order chi connectivity index (χ1) is 15.1. The lowest BCUT2D eigenvalue weighted by molar-refractivity contribution is 0.0988. The van der Waals surface area contributed by atoms with Crippen molar-refractivity contribution >= 4 is 17.6 Å². The quantitative estimate of drug-likeness (QED) is 0.600. The maximum atomic E-state index is 14.7. The number of ether oxygens (including phenoxy) is 2. The summed E-state index contributed by atoms with van der Waals surface area (Å²) in [6.45, 7) is 4.48. The van der Waals surface area contributed by atoms with E-state index in [-0.39, 0.29) is 47.2 Å². The number of nitrogens with two attached hydrogens (primary N) is 1. The molecule has 1 aromatic heterocycles. The maximum Gasteiger partial charge on any atom is 0.288 e. The number of Topliss-reactive ketones (excluding diaryl/α,β-unsaturated/α-hetero) is 1. The third kappa shape index (κ3) is 5.01. The van der Waals surface area contributed by atoms with Gasteiger partial charge in [-0.25, -0.2) is 18.8 Å². The van der Waals surface area contributed by atoms with Gasteiger partial charge < -0.3 is 20.5 Å². The van der Waals surface area contributed by atoms with Crippen LogP contribution in [0.3, 0.4) is 0 Å². The summed E-state index contributed by atoms with van der Waals surface area (Å²) in [4.78, 5) is 25.6. The second-order valence-corrected chi connectivity index (χ2v) is 7.77. The van der Waals surface area contributed by atoms with E-state index < -0.39 is 18.0 Å². The molecule has 2 aromatic rings. The van der Waals surface area contributed by atoms with Crippen LogP contribution in [0.15, 0.2) is 41.2 Å². The largest absolute Gasteiger partial charge is 0.480 e. The highest BCUT2D eigenvalue weighted by Gasteiger charge is 2.32. The minimum absolute atomic E-state index is 0.00802. The Labute approximate surface area is 184 Å². The molecule has 0 amide bonds. The Bertz CT molecular complexity index is 1090. The van der Waals surface area contributed by atoms with Crippen molar-refractivity contribution in [2.75, 3.05) is 19.1 Å². The molecule has 0 aliphatic carbocycles. The zero-order valence-corrected chi connectivity index (χ0v) is 18.3.